The maximum atomic E-state index is 9.99. The van der Waals surface area contributed by atoms with Crippen LogP contribution < -0.4 is 0 Å². The van der Waals surface area contributed by atoms with Crippen molar-refractivity contribution in [2.45, 2.75) is 0 Å². The zero-order valence-corrected chi connectivity index (χ0v) is 7.38. The van der Waals surface area contributed by atoms with Crippen LogP contribution in [0.3, 0.4) is 0 Å². The standard InChI is InChI=1S/C7H4Cl2N2O/c8-6-5(2-1-3-12)7(9)11-4-10-6/h1-4H. The second-order valence-corrected chi connectivity index (χ2v) is 2.58. The molecular weight excluding hydrogens is 199 g/mol. The second kappa shape index (κ2) is 4.18. The topological polar surface area (TPSA) is 42.9 Å². The van der Waals surface area contributed by atoms with Gasteiger partial charge >= 0.3 is 0 Å². The van der Waals surface area contributed by atoms with E-state index in [0.29, 0.717) is 11.8 Å². The molecule has 0 radical (unpaired) electrons. The molecule has 0 aromatic carbocycles. The third kappa shape index (κ3) is 2.03. The minimum atomic E-state index is 0.230. The minimum absolute atomic E-state index is 0.230. The fraction of sp³-hybridized carbons (Fsp3) is 0. The van der Waals surface area contributed by atoms with E-state index in [-0.39, 0.29) is 10.3 Å². The van der Waals surface area contributed by atoms with Gasteiger partial charge < -0.3 is 0 Å². The number of carbonyl (C=O) groups is 1. The lowest BCUT2D eigenvalue weighted by Crippen LogP contribution is -1.86. The maximum Gasteiger partial charge on any atom is 0.142 e. The summed E-state index contributed by atoms with van der Waals surface area (Å²) in [5, 5.41) is 0.459. The van der Waals surface area contributed by atoms with Gasteiger partial charge in [0, 0.05) is 5.56 Å². The number of aldehydes is 1. The first-order valence-corrected chi connectivity index (χ1v) is 3.79. The number of nitrogens with zero attached hydrogens (tertiary/aromatic N) is 2. The van der Waals surface area contributed by atoms with Gasteiger partial charge in [0.1, 0.15) is 22.9 Å². The Morgan fingerprint density at radius 2 is 1.83 bits per heavy atom. The summed E-state index contributed by atoms with van der Waals surface area (Å²) in [6, 6.07) is 0. The zero-order valence-electron chi connectivity index (χ0n) is 5.87. The first-order valence-electron chi connectivity index (χ1n) is 3.03. The van der Waals surface area contributed by atoms with Crippen LogP contribution in [0.15, 0.2) is 12.4 Å². The van der Waals surface area contributed by atoms with Gasteiger partial charge in [0.15, 0.2) is 0 Å². The average Bonchev–Trinajstić information content (AvgIpc) is 2.04. The van der Waals surface area contributed by atoms with Crippen molar-refractivity contribution in [1.82, 2.24) is 9.97 Å². The van der Waals surface area contributed by atoms with Gasteiger partial charge in [0.25, 0.3) is 0 Å². The average molecular weight is 203 g/mol. The molecule has 3 nitrogen and oxygen atoms in total. The fourth-order valence-electron chi connectivity index (χ4n) is 0.627. The molecule has 0 spiro atoms. The van der Waals surface area contributed by atoms with E-state index < -0.39 is 0 Å². The van der Waals surface area contributed by atoms with Gasteiger partial charge in [-0.3, -0.25) is 4.79 Å². The first-order chi connectivity index (χ1) is 5.75. The summed E-state index contributed by atoms with van der Waals surface area (Å²) in [4.78, 5) is 17.4. The van der Waals surface area contributed by atoms with Crippen LogP contribution in [0.25, 0.3) is 6.08 Å². The molecule has 0 bridgehead atoms. The van der Waals surface area contributed by atoms with Crippen LogP contribution in [-0.2, 0) is 4.79 Å². The molecule has 5 heteroatoms. The molecule has 0 fully saturated rings. The van der Waals surface area contributed by atoms with Gasteiger partial charge in [-0.25, -0.2) is 9.97 Å². The maximum absolute atomic E-state index is 9.99. The number of hydrogen-bond donors (Lipinski definition) is 0. The van der Waals surface area contributed by atoms with Crippen molar-refractivity contribution >= 4 is 35.6 Å². The molecule has 0 saturated carbocycles. The summed E-state index contributed by atoms with van der Waals surface area (Å²) < 4.78 is 0. The minimum Gasteiger partial charge on any atom is -0.299 e. The van der Waals surface area contributed by atoms with Crippen LogP contribution in [0.4, 0.5) is 0 Å². The Kier molecular flexibility index (Phi) is 3.19. The Morgan fingerprint density at radius 3 is 2.33 bits per heavy atom. The molecule has 0 atom stereocenters. The van der Waals surface area contributed by atoms with Crippen molar-refractivity contribution in [3.8, 4) is 0 Å². The fourth-order valence-corrected chi connectivity index (χ4v) is 1.07. The lowest BCUT2D eigenvalue weighted by Gasteiger charge is -1.96. The predicted molar refractivity (Wildman–Crippen MR) is 47.2 cm³/mol. The van der Waals surface area contributed by atoms with Gasteiger partial charge in [-0.05, 0) is 12.2 Å². The van der Waals surface area contributed by atoms with Crippen molar-refractivity contribution in [2.75, 3.05) is 0 Å². The Balaban J connectivity index is 3.12. The van der Waals surface area contributed by atoms with E-state index in [2.05, 4.69) is 9.97 Å². The molecule has 0 aliphatic heterocycles. The summed E-state index contributed by atoms with van der Waals surface area (Å²) in [5.74, 6) is 0. The van der Waals surface area contributed by atoms with Gasteiger partial charge in [0.2, 0.25) is 0 Å². The smallest absolute Gasteiger partial charge is 0.142 e. The van der Waals surface area contributed by atoms with Gasteiger partial charge in [-0.1, -0.05) is 23.2 Å². The molecule has 1 aromatic heterocycles. The van der Waals surface area contributed by atoms with Gasteiger partial charge in [0.05, 0.1) is 0 Å². The largest absolute Gasteiger partial charge is 0.299 e. The van der Waals surface area contributed by atoms with Crippen molar-refractivity contribution in [3.05, 3.63) is 28.3 Å². The van der Waals surface area contributed by atoms with E-state index in [1.807, 2.05) is 0 Å². The summed E-state index contributed by atoms with van der Waals surface area (Å²) in [6.07, 6.45) is 4.61. The van der Waals surface area contributed by atoms with Crippen LogP contribution in [0.5, 0.6) is 0 Å². The molecule has 1 aromatic rings. The molecular formula is C7H4Cl2N2O. The number of halogens is 2. The highest BCUT2D eigenvalue weighted by Crippen LogP contribution is 2.20. The van der Waals surface area contributed by atoms with Crippen LogP contribution in [0.2, 0.25) is 10.3 Å². The molecule has 0 amide bonds. The molecule has 1 heterocycles. The summed E-state index contributed by atoms with van der Waals surface area (Å²) >= 11 is 11.3. The highest BCUT2D eigenvalue weighted by molar-refractivity contribution is 6.35. The van der Waals surface area contributed by atoms with Crippen LogP contribution in [-0.4, -0.2) is 16.3 Å². The van der Waals surface area contributed by atoms with Crippen LogP contribution >= 0.6 is 23.2 Å². The first kappa shape index (κ1) is 9.16. The molecule has 0 unspecified atom stereocenters. The van der Waals surface area contributed by atoms with E-state index in [4.69, 9.17) is 23.2 Å². The number of rotatable bonds is 2. The van der Waals surface area contributed by atoms with Crippen molar-refractivity contribution in [3.63, 3.8) is 0 Å². The third-order valence-corrected chi connectivity index (χ3v) is 1.73. The van der Waals surface area contributed by atoms with Crippen molar-refractivity contribution < 1.29 is 4.79 Å². The molecule has 0 N–H and O–H groups in total. The quantitative estimate of drug-likeness (QED) is 0.419. The molecule has 0 aliphatic rings. The summed E-state index contributed by atoms with van der Waals surface area (Å²) in [5.41, 5.74) is 0.452. The summed E-state index contributed by atoms with van der Waals surface area (Å²) in [7, 11) is 0. The molecule has 0 aliphatic carbocycles. The Morgan fingerprint density at radius 1 is 1.25 bits per heavy atom. The molecule has 0 saturated heterocycles. The number of hydrogen-bond acceptors (Lipinski definition) is 3. The highest BCUT2D eigenvalue weighted by atomic mass is 35.5. The van der Waals surface area contributed by atoms with E-state index in [0.717, 1.165) is 0 Å². The molecule has 62 valence electrons. The van der Waals surface area contributed by atoms with E-state index in [1.54, 1.807) is 0 Å². The lowest BCUT2D eigenvalue weighted by atomic mass is 10.3. The van der Waals surface area contributed by atoms with Crippen LogP contribution in [0.1, 0.15) is 5.56 Å². The van der Waals surface area contributed by atoms with E-state index in [1.165, 1.54) is 18.5 Å². The van der Waals surface area contributed by atoms with Crippen LogP contribution in [0, 0.1) is 0 Å². The van der Waals surface area contributed by atoms with Crippen molar-refractivity contribution in [1.29, 1.82) is 0 Å². The lowest BCUT2D eigenvalue weighted by molar-refractivity contribution is -0.104. The summed E-state index contributed by atoms with van der Waals surface area (Å²) in [6.45, 7) is 0. The Bertz CT molecular complexity index is 305. The second-order valence-electron chi connectivity index (χ2n) is 1.86. The van der Waals surface area contributed by atoms with Gasteiger partial charge in [-0.2, -0.15) is 0 Å². The predicted octanol–water partition coefficient (Wildman–Crippen LogP) is 2.00. The molecule has 1 rings (SSSR count). The van der Waals surface area contributed by atoms with E-state index >= 15 is 0 Å². The van der Waals surface area contributed by atoms with E-state index in [9.17, 15) is 4.79 Å². The highest BCUT2D eigenvalue weighted by Gasteiger charge is 2.02. The normalized spacial score (nSPS) is 10.5. The third-order valence-electron chi connectivity index (χ3n) is 1.13. The van der Waals surface area contributed by atoms with Crippen molar-refractivity contribution in [2.24, 2.45) is 0 Å². The zero-order chi connectivity index (χ0) is 8.97. The van der Waals surface area contributed by atoms with Gasteiger partial charge in [-0.15, -0.1) is 0 Å². The SMILES string of the molecule is O=CC=Cc1c(Cl)ncnc1Cl. The monoisotopic (exact) mass is 202 g/mol. The molecule has 12 heavy (non-hydrogen) atoms. The number of aromatic nitrogens is 2. The Labute approximate surface area is 79.0 Å². The number of carbonyl (C=O) groups excluding carboxylic acids is 1. The number of allylic oxidation sites excluding steroid dienone is 1. The Hall–Kier alpha value is -0.930.